The molecule has 1 rings (SSSR count). The molecule has 92 valence electrons. The summed E-state index contributed by atoms with van der Waals surface area (Å²) in [4.78, 5) is 22.0. The maximum atomic E-state index is 12.0. The van der Waals surface area contributed by atoms with E-state index in [1.807, 2.05) is 0 Å². The number of nitrogens with one attached hydrogen (secondary N) is 1. The topological polar surface area (TPSA) is 46.2 Å². The van der Waals surface area contributed by atoms with E-state index in [-0.39, 0.29) is 11.2 Å². The molecule has 0 saturated heterocycles. The van der Waals surface area contributed by atoms with E-state index in [4.69, 9.17) is 0 Å². The van der Waals surface area contributed by atoms with Gasteiger partial charge in [-0.15, -0.1) is 0 Å². The Labute approximate surface area is 98.9 Å². The van der Waals surface area contributed by atoms with Gasteiger partial charge in [0.15, 0.2) is 5.78 Å². The van der Waals surface area contributed by atoms with Gasteiger partial charge in [-0.05, 0) is 12.3 Å². The number of amides is 1. The first-order chi connectivity index (χ1) is 7.34. The summed E-state index contributed by atoms with van der Waals surface area (Å²) in [6.07, 6.45) is -2.82. The van der Waals surface area contributed by atoms with Gasteiger partial charge in [0.25, 0.3) is 0 Å². The highest BCUT2D eigenvalue weighted by molar-refractivity contribution is 9.09. The van der Waals surface area contributed by atoms with E-state index in [1.54, 1.807) is 5.32 Å². The summed E-state index contributed by atoms with van der Waals surface area (Å²) in [7, 11) is 0. The number of hydrogen-bond donors (Lipinski definition) is 1. The van der Waals surface area contributed by atoms with Crippen molar-refractivity contribution in [2.75, 3.05) is 5.33 Å². The van der Waals surface area contributed by atoms with E-state index in [2.05, 4.69) is 15.9 Å². The Kier molecular flexibility index (Phi) is 4.35. The number of ketones is 1. The third-order valence-corrected chi connectivity index (χ3v) is 2.90. The minimum absolute atomic E-state index is 0.0531. The van der Waals surface area contributed by atoms with Crippen LogP contribution in [0, 0.1) is 5.92 Å². The van der Waals surface area contributed by atoms with Gasteiger partial charge in [-0.1, -0.05) is 28.8 Å². The standard InChI is InChI=1S/C9H11BrF3NO2/c10-4-7(15)6(3-5-1-2-5)14-8(16)9(11,12)13/h5-6H,1-4H2,(H,14,16). The van der Waals surface area contributed by atoms with Crippen LogP contribution in [0.25, 0.3) is 0 Å². The zero-order valence-electron chi connectivity index (χ0n) is 8.31. The van der Waals surface area contributed by atoms with Crippen LogP contribution in [-0.2, 0) is 9.59 Å². The first-order valence-corrected chi connectivity index (χ1v) is 5.93. The van der Waals surface area contributed by atoms with Crippen LogP contribution >= 0.6 is 15.9 Å². The lowest BCUT2D eigenvalue weighted by Crippen LogP contribution is -2.47. The van der Waals surface area contributed by atoms with Crippen molar-refractivity contribution in [1.82, 2.24) is 5.32 Å². The molecule has 0 aromatic carbocycles. The fourth-order valence-electron chi connectivity index (χ4n) is 1.29. The Hall–Kier alpha value is -0.590. The van der Waals surface area contributed by atoms with Gasteiger partial charge in [0, 0.05) is 0 Å². The molecule has 7 heteroatoms. The number of carbonyl (C=O) groups excluding carboxylic acids is 2. The molecule has 0 bridgehead atoms. The maximum Gasteiger partial charge on any atom is 0.471 e. The lowest BCUT2D eigenvalue weighted by atomic mass is 10.1. The molecule has 0 aliphatic heterocycles. The maximum absolute atomic E-state index is 12.0. The average Bonchev–Trinajstić information content (AvgIpc) is 2.97. The van der Waals surface area contributed by atoms with Gasteiger partial charge in [0.1, 0.15) is 0 Å². The van der Waals surface area contributed by atoms with Gasteiger partial charge in [0.2, 0.25) is 0 Å². The molecule has 1 unspecified atom stereocenters. The number of carbonyl (C=O) groups is 2. The van der Waals surface area contributed by atoms with Crippen LogP contribution < -0.4 is 5.32 Å². The van der Waals surface area contributed by atoms with Crippen molar-refractivity contribution >= 4 is 27.6 Å². The zero-order chi connectivity index (χ0) is 12.3. The van der Waals surface area contributed by atoms with Crippen molar-refractivity contribution in [3.63, 3.8) is 0 Å². The summed E-state index contributed by atoms with van der Waals surface area (Å²) in [6.45, 7) is 0. The summed E-state index contributed by atoms with van der Waals surface area (Å²) >= 11 is 2.88. The van der Waals surface area contributed by atoms with Crippen molar-refractivity contribution < 1.29 is 22.8 Å². The minimum atomic E-state index is -4.94. The normalized spacial score (nSPS) is 18.0. The molecule has 0 aromatic heterocycles. The molecule has 0 aromatic rings. The second-order valence-corrected chi connectivity index (χ2v) is 4.36. The smallest absolute Gasteiger partial charge is 0.338 e. The quantitative estimate of drug-likeness (QED) is 0.787. The van der Waals surface area contributed by atoms with Gasteiger partial charge in [-0.25, -0.2) is 0 Å². The lowest BCUT2D eigenvalue weighted by Gasteiger charge is -2.17. The number of Topliss-reactive ketones (excluding diaryl/α,β-unsaturated/α-hetero) is 1. The lowest BCUT2D eigenvalue weighted by molar-refractivity contribution is -0.174. The second kappa shape index (κ2) is 5.16. The van der Waals surface area contributed by atoms with Crippen molar-refractivity contribution in [2.45, 2.75) is 31.5 Å². The molecule has 1 aliphatic carbocycles. The molecule has 1 aliphatic rings. The fraction of sp³-hybridized carbons (Fsp3) is 0.778. The van der Waals surface area contributed by atoms with Crippen LogP contribution in [0.3, 0.4) is 0 Å². The predicted molar refractivity (Wildman–Crippen MR) is 54.1 cm³/mol. The molecule has 3 nitrogen and oxygen atoms in total. The molecule has 0 radical (unpaired) electrons. The zero-order valence-corrected chi connectivity index (χ0v) is 9.90. The van der Waals surface area contributed by atoms with Crippen molar-refractivity contribution in [3.8, 4) is 0 Å². The highest BCUT2D eigenvalue weighted by Crippen LogP contribution is 2.34. The predicted octanol–water partition coefficient (Wildman–Crippen LogP) is 1.80. The van der Waals surface area contributed by atoms with E-state index in [0.717, 1.165) is 12.8 Å². The van der Waals surface area contributed by atoms with Gasteiger partial charge >= 0.3 is 12.1 Å². The number of hydrogen-bond acceptors (Lipinski definition) is 2. The summed E-state index contributed by atoms with van der Waals surface area (Å²) < 4.78 is 36.0. The van der Waals surface area contributed by atoms with E-state index >= 15 is 0 Å². The van der Waals surface area contributed by atoms with Crippen LogP contribution in [0.2, 0.25) is 0 Å². The van der Waals surface area contributed by atoms with Crippen LogP contribution in [0.1, 0.15) is 19.3 Å². The molecular weight excluding hydrogens is 291 g/mol. The average molecular weight is 302 g/mol. The van der Waals surface area contributed by atoms with Crippen LogP contribution in [-0.4, -0.2) is 29.2 Å². The van der Waals surface area contributed by atoms with Gasteiger partial charge in [0.05, 0.1) is 11.4 Å². The molecule has 1 amide bonds. The summed E-state index contributed by atoms with van der Waals surface area (Å²) in [5.41, 5.74) is 0. The molecule has 1 saturated carbocycles. The molecular formula is C9H11BrF3NO2. The summed E-state index contributed by atoms with van der Waals surface area (Å²) in [6, 6.07) is -1.03. The Morgan fingerprint density at radius 2 is 1.94 bits per heavy atom. The molecule has 0 heterocycles. The Morgan fingerprint density at radius 1 is 1.38 bits per heavy atom. The van der Waals surface area contributed by atoms with Crippen LogP contribution in [0.15, 0.2) is 0 Å². The fourth-order valence-corrected chi connectivity index (χ4v) is 1.68. The first-order valence-electron chi connectivity index (χ1n) is 4.81. The number of alkyl halides is 4. The monoisotopic (exact) mass is 301 g/mol. The van der Waals surface area contributed by atoms with Crippen molar-refractivity contribution in [2.24, 2.45) is 5.92 Å². The number of rotatable bonds is 5. The van der Waals surface area contributed by atoms with E-state index < -0.39 is 23.9 Å². The van der Waals surface area contributed by atoms with E-state index in [0.29, 0.717) is 6.42 Å². The Balaban J connectivity index is 2.55. The van der Waals surface area contributed by atoms with E-state index in [9.17, 15) is 22.8 Å². The SMILES string of the molecule is O=C(CBr)C(CC1CC1)NC(=O)C(F)(F)F. The minimum Gasteiger partial charge on any atom is -0.338 e. The molecule has 16 heavy (non-hydrogen) atoms. The van der Waals surface area contributed by atoms with Gasteiger partial charge < -0.3 is 5.32 Å². The van der Waals surface area contributed by atoms with E-state index in [1.165, 1.54) is 0 Å². The third-order valence-electron chi connectivity index (χ3n) is 2.35. The number of halogens is 4. The van der Waals surface area contributed by atoms with Gasteiger partial charge in [-0.3, -0.25) is 9.59 Å². The molecule has 1 N–H and O–H groups in total. The molecule has 0 spiro atoms. The second-order valence-electron chi connectivity index (χ2n) is 3.80. The van der Waals surface area contributed by atoms with Gasteiger partial charge in [-0.2, -0.15) is 13.2 Å². The highest BCUT2D eigenvalue weighted by atomic mass is 79.9. The largest absolute Gasteiger partial charge is 0.471 e. The molecule has 1 atom stereocenters. The summed E-state index contributed by atoms with van der Waals surface area (Å²) in [5, 5.41) is 1.68. The molecule has 1 fully saturated rings. The van der Waals surface area contributed by atoms with Crippen molar-refractivity contribution in [3.05, 3.63) is 0 Å². The van der Waals surface area contributed by atoms with Crippen LogP contribution in [0.5, 0.6) is 0 Å². The summed E-state index contributed by atoms with van der Waals surface area (Å²) in [5.74, 6) is -2.21. The Morgan fingerprint density at radius 3 is 2.31 bits per heavy atom. The van der Waals surface area contributed by atoms with Crippen molar-refractivity contribution in [1.29, 1.82) is 0 Å². The first kappa shape index (κ1) is 13.5. The Bertz CT molecular complexity index is 289. The highest BCUT2D eigenvalue weighted by Gasteiger charge is 2.41. The van der Waals surface area contributed by atoms with Crippen LogP contribution in [0.4, 0.5) is 13.2 Å². The third kappa shape index (κ3) is 4.11.